The summed E-state index contributed by atoms with van der Waals surface area (Å²) in [6.07, 6.45) is 0.725. The molecule has 4 N–H and O–H groups in total. The van der Waals surface area contributed by atoms with E-state index in [1.165, 1.54) is 0 Å². The minimum Gasteiger partial charge on any atom is -0.356 e. The second-order valence-corrected chi connectivity index (χ2v) is 3.74. The van der Waals surface area contributed by atoms with Crippen LogP contribution >= 0.6 is 0 Å². The highest BCUT2D eigenvalue weighted by molar-refractivity contribution is 6.35. The molecule has 0 unspecified atom stereocenters. The van der Waals surface area contributed by atoms with E-state index in [1.54, 1.807) is 0 Å². The van der Waals surface area contributed by atoms with E-state index in [9.17, 15) is 19.2 Å². The van der Waals surface area contributed by atoms with Crippen LogP contribution in [0.25, 0.3) is 0 Å². The van der Waals surface area contributed by atoms with Crippen LogP contribution in [0.3, 0.4) is 0 Å². The molecule has 0 aromatic carbocycles. The summed E-state index contributed by atoms with van der Waals surface area (Å²) in [6, 6.07) is 0. The quantitative estimate of drug-likeness (QED) is 0.351. The number of amides is 4. The van der Waals surface area contributed by atoms with Gasteiger partial charge in [-0.05, 0) is 6.42 Å². The van der Waals surface area contributed by atoms with Gasteiger partial charge in [-0.15, -0.1) is 0 Å². The van der Waals surface area contributed by atoms with Gasteiger partial charge in [-0.3, -0.25) is 19.2 Å². The Morgan fingerprint density at radius 2 is 1.28 bits per heavy atom. The first-order chi connectivity index (χ1) is 8.59. The van der Waals surface area contributed by atoms with Gasteiger partial charge in [0.05, 0.1) is 6.54 Å². The van der Waals surface area contributed by atoms with Crippen LogP contribution in [0.15, 0.2) is 0 Å². The Labute approximate surface area is 104 Å². The summed E-state index contributed by atoms with van der Waals surface area (Å²) in [5.41, 5.74) is 0. The van der Waals surface area contributed by atoms with Gasteiger partial charge in [0.1, 0.15) is 0 Å². The molecule has 0 spiro atoms. The zero-order valence-corrected chi connectivity index (χ0v) is 9.88. The number of hydrogen-bond donors (Lipinski definition) is 4. The van der Waals surface area contributed by atoms with Crippen LogP contribution in [0.5, 0.6) is 0 Å². The van der Waals surface area contributed by atoms with E-state index < -0.39 is 11.8 Å². The fourth-order valence-electron chi connectivity index (χ4n) is 1.31. The summed E-state index contributed by atoms with van der Waals surface area (Å²) in [6.45, 7) is 0.712. The van der Waals surface area contributed by atoms with Crippen molar-refractivity contribution in [2.75, 3.05) is 26.2 Å². The largest absolute Gasteiger partial charge is 0.356 e. The Hall–Kier alpha value is -2.12. The van der Waals surface area contributed by atoms with E-state index in [-0.39, 0.29) is 31.3 Å². The van der Waals surface area contributed by atoms with Crippen LogP contribution in [0.4, 0.5) is 0 Å². The first-order valence-corrected chi connectivity index (χ1v) is 5.69. The van der Waals surface area contributed by atoms with Crippen molar-refractivity contribution in [2.24, 2.45) is 0 Å². The summed E-state index contributed by atoms with van der Waals surface area (Å²) in [5.74, 6) is -2.33. The van der Waals surface area contributed by atoms with Gasteiger partial charge in [0.25, 0.3) is 0 Å². The van der Waals surface area contributed by atoms with Crippen molar-refractivity contribution in [2.45, 2.75) is 12.8 Å². The SMILES string of the molecule is O=C1CCNC(=O)C(=O)NCC(=O)NCCCN1. The highest BCUT2D eigenvalue weighted by Crippen LogP contribution is 1.82. The Morgan fingerprint density at radius 3 is 2.00 bits per heavy atom. The third kappa shape index (κ3) is 5.28. The topological polar surface area (TPSA) is 116 Å². The van der Waals surface area contributed by atoms with Crippen molar-refractivity contribution < 1.29 is 19.2 Å². The molecule has 1 heterocycles. The van der Waals surface area contributed by atoms with Crippen LogP contribution in [-0.2, 0) is 19.2 Å². The number of rotatable bonds is 0. The maximum Gasteiger partial charge on any atom is 0.309 e. The lowest BCUT2D eigenvalue weighted by molar-refractivity contribution is -0.139. The van der Waals surface area contributed by atoms with E-state index >= 15 is 0 Å². The van der Waals surface area contributed by atoms with Crippen molar-refractivity contribution >= 4 is 23.6 Å². The number of carbonyl (C=O) groups is 4. The fraction of sp³-hybridized carbons (Fsp3) is 0.600. The lowest BCUT2D eigenvalue weighted by Gasteiger charge is -2.10. The molecular weight excluding hydrogens is 240 g/mol. The molecule has 1 fully saturated rings. The van der Waals surface area contributed by atoms with Crippen molar-refractivity contribution in [1.82, 2.24) is 21.3 Å². The van der Waals surface area contributed by atoms with E-state index in [2.05, 4.69) is 21.3 Å². The van der Waals surface area contributed by atoms with Gasteiger partial charge in [0, 0.05) is 26.1 Å². The highest BCUT2D eigenvalue weighted by Gasteiger charge is 2.14. The van der Waals surface area contributed by atoms with Gasteiger partial charge >= 0.3 is 11.8 Å². The second-order valence-electron chi connectivity index (χ2n) is 3.74. The van der Waals surface area contributed by atoms with Crippen LogP contribution < -0.4 is 21.3 Å². The molecule has 1 rings (SSSR count). The molecule has 0 aliphatic carbocycles. The van der Waals surface area contributed by atoms with Gasteiger partial charge in [-0.1, -0.05) is 0 Å². The lowest BCUT2D eigenvalue weighted by atomic mass is 10.3. The molecule has 4 amide bonds. The number of carbonyl (C=O) groups excluding carboxylic acids is 4. The molecule has 100 valence electrons. The van der Waals surface area contributed by atoms with Crippen LogP contribution in [-0.4, -0.2) is 49.8 Å². The Kier molecular flexibility index (Phi) is 5.62. The van der Waals surface area contributed by atoms with Crippen LogP contribution in [0.2, 0.25) is 0 Å². The van der Waals surface area contributed by atoms with E-state index in [1.807, 2.05) is 0 Å². The summed E-state index contributed by atoms with van der Waals surface area (Å²) >= 11 is 0. The molecule has 8 heteroatoms. The summed E-state index contributed by atoms with van der Waals surface area (Å²) in [7, 11) is 0. The van der Waals surface area contributed by atoms with Crippen molar-refractivity contribution in [1.29, 1.82) is 0 Å². The molecular formula is C10H16N4O4. The fourth-order valence-corrected chi connectivity index (χ4v) is 1.31. The summed E-state index contributed by atoms with van der Waals surface area (Å²) in [4.78, 5) is 44.9. The summed E-state index contributed by atoms with van der Waals surface area (Å²) < 4.78 is 0. The standard InChI is InChI=1S/C10H16N4O4/c15-7-2-5-13-9(17)10(18)14-6-8(16)12-4-1-3-11-7/h1-6H2,(H,11,15)(H,12,16)(H,13,17)(H,14,18). The van der Waals surface area contributed by atoms with Crippen molar-refractivity contribution in [3.05, 3.63) is 0 Å². The molecule has 8 nitrogen and oxygen atoms in total. The highest BCUT2D eigenvalue weighted by atomic mass is 16.2. The predicted molar refractivity (Wildman–Crippen MR) is 61.3 cm³/mol. The van der Waals surface area contributed by atoms with Gasteiger partial charge in [-0.2, -0.15) is 0 Å². The van der Waals surface area contributed by atoms with Gasteiger partial charge in [0.15, 0.2) is 0 Å². The molecule has 1 aliphatic rings. The third-order valence-electron chi connectivity index (χ3n) is 2.25. The van der Waals surface area contributed by atoms with Crippen molar-refractivity contribution in [3.63, 3.8) is 0 Å². The Morgan fingerprint density at radius 1 is 0.667 bits per heavy atom. The first-order valence-electron chi connectivity index (χ1n) is 5.69. The number of hydrogen-bond acceptors (Lipinski definition) is 4. The zero-order valence-electron chi connectivity index (χ0n) is 9.88. The predicted octanol–water partition coefficient (Wildman–Crippen LogP) is -2.75. The molecule has 0 aromatic heterocycles. The van der Waals surface area contributed by atoms with Crippen LogP contribution in [0.1, 0.15) is 12.8 Å². The average Bonchev–Trinajstić information content (AvgIpc) is 2.34. The minimum atomic E-state index is -0.886. The zero-order chi connectivity index (χ0) is 13.4. The molecule has 1 aliphatic heterocycles. The number of nitrogens with one attached hydrogen (secondary N) is 4. The average molecular weight is 256 g/mol. The van der Waals surface area contributed by atoms with E-state index in [0.29, 0.717) is 19.5 Å². The lowest BCUT2D eigenvalue weighted by Crippen LogP contribution is -2.45. The summed E-state index contributed by atoms with van der Waals surface area (Å²) in [5, 5.41) is 9.66. The molecule has 0 atom stereocenters. The molecule has 0 saturated carbocycles. The van der Waals surface area contributed by atoms with E-state index in [0.717, 1.165) is 0 Å². The molecule has 1 saturated heterocycles. The Balaban J connectivity index is 2.49. The normalized spacial score (nSPS) is 20.0. The van der Waals surface area contributed by atoms with Gasteiger partial charge in [-0.25, -0.2) is 0 Å². The molecule has 0 aromatic rings. The maximum absolute atomic E-state index is 11.3. The molecule has 0 radical (unpaired) electrons. The first kappa shape index (κ1) is 13.9. The van der Waals surface area contributed by atoms with Gasteiger partial charge in [0.2, 0.25) is 11.8 Å². The maximum atomic E-state index is 11.3. The second kappa shape index (κ2) is 7.25. The molecule has 18 heavy (non-hydrogen) atoms. The Bertz CT molecular complexity index is 356. The minimum absolute atomic E-state index is 0.0876. The van der Waals surface area contributed by atoms with Gasteiger partial charge < -0.3 is 21.3 Å². The monoisotopic (exact) mass is 256 g/mol. The van der Waals surface area contributed by atoms with Crippen LogP contribution in [0, 0.1) is 0 Å². The van der Waals surface area contributed by atoms with Crippen molar-refractivity contribution in [3.8, 4) is 0 Å². The smallest absolute Gasteiger partial charge is 0.309 e. The molecule has 0 bridgehead atoms. The third-order valence-corrected chi connectivity index (χ3v) is 2.25. The van der Waals surface area contributed by atoms with E-state index in [4.69, 9.17) is 0 Å².